The van der Waals surface area contributed by atoms with Gasteiger partial charge in [-0.1, -0.05) is 55.5 Å². The highest BCUT2D eigenvalue weighted by molar-refractivity contribution is 6.12. The Morgan fingerprint density at radius 1 is 1.09 bits per heavy atom. The molecule has 1 aliphatic carbocycles. The second-order valence-corrected chi connectivity index (χ2v) is 8.62. The lowest BCUT2D eigenvalue weighted by Gasteiger charge is -2.38. The Kier molecular flexibility index (Phi) is 6.63. The number of benzene rings is 2. The number of dihydropyridines is 1. The highest BCUT2D eigenvalue weighted by Gasteiger charge is 2.47. The van der Waals surface area contributed by atoms with E-state index in [-0.39, 0.29) is 29.2 Å². The molecular formula is C27H26FNO5. The van der Waals surface area contributed by atoms with E-state index in [1.54, 1.807) is 32.0 Å². The molecule has 7 heteroatoms. The topological polar surface area (TPSA) is 81.7 Å². The van der Waals surface area contributed by atoms with Gasteiger partial charge in [0, 0.05) is 22.5 Å². The van der Waals surface area contributed by atoms with Crippen molar-refractivity contribution in [2.24, 2.45) is 11.8 Å². The highest BCUT2D eigenvalue weighted by Crippen LogP contribution is 2.46. The van der Waals surface area contributed by atoms with Crippen LogP contribution in [0.15, 0.2) is 77.1 Å². The van der Waals surface area contributed by atoms with Crippen LogP contribution in [0.5, 0.6) is 0 Å². The summed E-state index contributed by atoms with van der Waals surface area (Å²) in [5, 5.41) is 3.17. The largest absolute Gasteiger partial charge is 0.468 e. The summed E-state index contributed by atoms with van der Waals surface area (Å²) >= 11 is 0. The van der Waals surface area contributed by atoms with Gasteiger partial charge in [-0.15, -0.1) is 0 Å². The summed E-state index contributed by atoms with van der Waals surface area (Å²) in [6, 6.07) is 15.2. The van der Waals surface area contributed by atoms with Crippen molar-refractivity contribution in [2.45, 2.75) is 32.8 Å². The Balaban J connectivity index is 1.78. The molecule has 4 rings (SSSR count). The van der Waals surface area contributed by atoms with Crippen molar-refractivity contribution in [3.8, 4) is 0 Å². The lowest BCUT2D eigenvalue weighted by Crippen LogP contribution is -2.43. The lowest BCUT2D eigenvalue weighted by molar-refractivity contribution is -0.151. The third kappa shape index (κ3) is 4.25. The molecule has 34 heavy (non-hydrogen) atoms. The van der Waals surface area contributed by atoms with Crippen LogP contribution in [0.1, 0.15) is 37.3 Å². The molecule has 0 spiro atoms. The predicted molar refractivity (Wildman–Crippen MR) is 123 cm³/mol. The summed E-state index contributed by atoms with van der Waals surface area (Å²) in [6.07, 6.45) is 0.384. The second kappa shape index (κ2) is 9.63. The van der Waals surface area contributed by atoms with Gasteiger partial charge < -0.3 is 14.8 Å². The normalized spacial score (nSPS) is 22.1. The van der Waals surface area contributed by atoms with E-state index in [0.717, 1.165) is 5.56 Å². The molecule has 0 unspecified atom stereocenters. The van der Waals surface area contributed by atoms with Gasteiger partial charge in [0.15, 0.2) is 5.78 Å². The van der Waals surface area contributed by atoms with Crippen molar-refractivity contribution >= 4 is 17.7 Å². The Morgan fingerprint density at radius 3 is 2.44 bits per heavy atom. The molecule has 1 heterocycles. The van der Waals surface area contributed by atoms with E-state index in [2.05, 4.69) is 5.32 Å². The van der Waals surface area contributed by atoms with Gasteiger partial charge in [0.05, 0.1) is 18.6 Å². The molecule has 2 aliphatic rings. The molecule has 0 saturated heterocycles. The molecule has 0 aromatic heterocycles. The minimum absolute atomic E-state index is 0.0299. The first-order valence-electron chi connectivity index (χ1n) is 11.1. The van der Waals surface area contributed by atoms with E-state index in [0.29, 0.717) is 17.8 Å². The number of ether oxygens (including phenoxy) is 2. The van der Waals surface area contributed by atoms with E-state index in [4.69, 9.17) is 9.47 Å². The molecule has 176 valence electrons. The molecule has 0 radical (unpaired) electrons. The van der Waals surface area contributed by atoms with Gasteiger partial charge in [0.25, 0.3) is 0 Å². The van der Waals surface area contributed by atoms with E-state index >= 15 is 4.39 Å². The van der Waals surface area contributed by atoms with Gasteiger partial charge in [0.1, 0.15) is 18.3 Å². The van der Waals surface area contributed by atoms with Crippen LogP contribution in [0, 0.1) is 17.7 Å². The number of nitrogens with one attached hydrogen (secondary N) is 1. The number of carbonyl (C=O) groups excluding carboxylic acids is 3. The Hall–Kier alpha value is -3.74. The van der Waals surface area contributed by atoms with Crippen molar-refractivity contribution in [3.63, 3.8) is 0 Å². The number of Topliss-reactive ketones (excluding diaryl/α,β-unsaturated/α-hetero) is 1. The predicted octanol–water partition coefficient (Wildman–Crippen LogP) is 4.18. The number of ketones is 1. The van der Waals surface area contributed by atoms with E-state index in [1.165, 1.54) is 13.2 Å². The molecule has 3 atom stereocenters. The van der Waals surface area contributed by atoms with Gasteiger partial charge in [-0.3, -0.25) is 9.59 Å². The standard InChI is InChI=1S/C27H26FNO5/c1-15-13-20-24(25(30)21(15)26(31)33-3)23(18-11-7-8-12-19(18)28)22(16(2)29-20)27(32)34-14-17-9-5-4-6-10-17/h4-12,15,21,23,29H,13-14H2,1-3H3/t15-,21+,23+/m0/s1. The molecule has 0 bridgehead atoms. The van der Waals surface area contributed by atoms with Crippen LogP contribution in [0.25, 0.3) is 0 Å². The number of hydrogen-bond acceptors (Lipinski definition) is 6. The number of rotatable bonds is 5. The van der Waals surface area contributed by atoms with Gasteiger partial charge in [-0.2, -0.15) is 0 Å². The van der Waals surface area contributed by atoms with Crippen LogP contribution in [0.2, 0.25) is 0 Å². The number of carbonyl (C=O) groups is 3. The Morgan fingerprint density at radius 2 is 1.76 bits per heavy atom. The lowest BCUT2D eigenvalue weighted by atomic mass is 9.69. The molecule has 2 aromatic carbocycles. The summed E-state index contributed by atoms with van der Waals surface area (Å²) in [7, 11) is 1.23. The zero-order chi connectivity index (χ0) is 24.4. The molecular weight excluding hydrogens is 437 g/mol. The van der Waals surface area contributed by atoms with Crippen LogP contribution in [0.3, 0.4) is 0 Å². The number of halogens is 1. The molecule has 0 fully saturated rings. The average Bonchev–Trinajstić information content (AvgIpc) is 2.82. The molecule has 2 aromatic rings. The maximum Gasteiger partial charge on any atom is 0.337 e. The third-order valence-electron chi connectivity index (χ3n) is 6.39. The summed E-state index contributed by atoms with van der Waals surface area (Å²) < 4.78 is 25.5. The maximum absolute atomic E-state index is 15.1. The molecule has 0 amide bonds. The second-order valence-electron chi connectivity index (χ2n) is 8.62. The van der Waals surface area contributed by atoms with Crippen molar-refractivity contribution in [3.05, 3.63) is 94.1 Å². The van der Waals surface area contributed by atoms with Crippen LogP contribution in [-0.4, -0.2) is 24.8 Å². The number of esters is 2. The van der Waals surface area contributed by atoms with E-state index in [9.17, 15) is 14.4 Å². The first-order chi connectivity index (χ1) is 16.3. The minimum Gasteiger partial charge on any atom is -0.468 e. The summed E-state index contributed by atoms with van der Waals surface area (Å²) in [6.45, 7) is 3.53. The Labute approximate surface area is 197 Å². The summed E-state index contributed by atoms with van der Waals surface area (Å²) in [5.74, 6) is -4.67. The van der Waals surface area contributed by atoms with Crippen molar-refractivity contribution in [1.82, 2.24) is 5.32 Å². The van der Waals surface area contributed by atoms with Crippen molar-refractivity contribution in [2.75, 3.05) is 7.11 Å². The number of methoxy groups -OCH3 is 1. The quantitative estimate of drug-likeness (QED) is 0.529. The minimum atomic E-state index is -1.03. The fourth-order valence-electron chi connectivity index (χ4n) is 4.77. The van der Waals surface area contributed by atoms with Crippen LogP contribution in [-0.2, 0) is 30.5 Å². The SMILES string of the molecule is COC(=O)[C@H]1C(=O)C2=C(C[C@@H]1C)NC(C)=C(C(=O)OCc1ccccc1)[C@H]2c1ccccc1F. The molecule has 6 nitrogen and oxygen atoms in total. The van der Waals surface area contributed by atoms with Crippen LogP contribution < -0.4 is 5.32 Å². The first-order valence-corrected chi connectivity index (χ1v) is 11.1. The number of hydrogen-bond donors (Lipinski definition) is 1. The summed E-state index contributed by atoms with van der Waals surface area (Å²) in [5.41, 5.74) is 2.40. The molecule has 1 aliphatic heterocycles. The third-order valence-corrected chi connectivity index (χ3v) is 6.39. The number of allylic oxidation sites excluding steroid dienone is 3. The molecule has 1 N–H and O–H groups in total. The highest BCUT2D eigenvalue weighted by atomic mass is 19.1. The average molecular weight is 464 g/mol. The van der Waals surface area contributed by atoms with E-state index in [1.807, 2.05) is 30.3 Å². The zero-order valence-corrected chi connectivity index (χ0v) is 19.3. The fraction of sp³-hybridized carbons (Fsp3) is 0.296. The van der Waals surface area contributed by atoms with Gasteiger partial charge >= 0.3 is 11.9 Å². The van der Waals surface area contributed by atoms with Crippen LogP contribution >= 0.6 is 0 Å². The molecule has 0 saturated carbocycles. The monoisotopic (exact) mass is 463 g/mol. The van der Waals surface area contributed by atoms with Gasteiger partial charge in [-0.25, -0.2) is 9.18 Å². The Bertz CT molecular complexity index is 1200. The zero-order valence-electron chi connectivity index (χ0n) is 19.3. The van der Waals surface area contributed by atoms with Crippen molar-refractivity contribution < 1.29 is 28.2 Å². The van der Waals surface area contributed by atoms with Crippen molar-refractivity contribution in [1.29, 1.82) is 0 Å². The van der Waals surface area contributed by atoms with Crippen LogP contribution in [0.4, 0.5) is 4.39 Å². The van der Waals surface area contributed by atoms with Gasteiger partial charge in [0.2, 0.25) is 0 Å². The maximum atomic E-state index is 15.1. The summed E-state index contributed by atoms with van der Waals surface area (Å²) in [4.78, 5) is 39.4. The van der Waals surface area contributed by atoms with Gasteiger partial charge in [-0.05, 0) is 30.9 Å². The fourth-order valence-corrected chi connectivity index (χ4v) is 4.77. The first kappa shape index (κ1) is 23.4. The smallest absolute Gasteiger partial charge is 0.337 e. The van der Waals surface area contributed by atoms with E-state index < -0.39 is 35.4 Å².